The van der Waals surface area contributed by atoms with Gasteiger partial charge in [0.25, 0.3) is 0 Å². The monoisotopic (exact) mass is 249 g/mol. The van der Waals surface area contributed by atoms with Crippen LogP contribution in [-0.4, -0.2) is 20.8 Å². The fraction of sp³-hybridized carbons (Fsp3) is 0.364. The van der Waals surface area contributed by atoms with Crippen LogP contribution in [0.15, 0.2) is 16.9 Å². The fourth-order valence-electron chi connectivity index (χ4n) is 1.57. The van der Waals surface area contributed by atoms with Gasteiger partial charge in [-0.25, -0.2) is 0 Å². The second-order valence-electron chi connectivity index (χ2n) is 4.01. The molecule has 0 spiro atoms. The molecule has 96 valence electrons. The molecule has 0 unspecified atom stereocenters. The fourth-order valence-corrected chi connectivity index (χ4v) is 1.57. The van der Waals surface area contributed by atoms with Gasteiger partial charge in [0.2, 0.25) is 5.91 Å². The standard InChI is InChI=1S/C11H15N5O2/c1-7-11(12)8(2)16(14-7)6-10(17)13-5-9-3-4-18-15-9/h3-4H,5-6,12H2,1-2H3,(H,13,17). The molecule has 0 fully saturated rings. The Morgan fingerprint density at radius 3 is 2.89 bits per heavy atom. The molecular weight excluding hydrogens is 234 g/mol. The Morgan fingerprint density at radius 2 is 2.33 bits per heavy atom. The van der Waals surface area contributed by atoms with E-state index in [1.165, 1.54) is 6.26 Å². The maximum absolute atomic E-state index is 11.7. The molecule has 0 saturated carbocycles. The highest BCUT2D eigenvalue weighted by atomic mass is 16.5. The smallest absolute Gasteiger partial charge is 0.242 e. The Morgan fingerprint density at radius 1 is 1.56 bits per heavy atom. The van der Waals surface area contributed by atoms with Crippen molar-refractivity contribution in [1.29, 1.82) is 0 Å². The highest BCUT2D eigenvalue weighted by Crippen LogP contribution is 2.14. The zero-order chi connectivity index (χ0) is 13.1. The lowest BCUT2D eigenvalue weighted by Gasteiger charge is -2.05. The number of nitrogens with one attached hydrogen (secondary N) is 1. The Balaban J connectivity index is 1.93. The SMILES string of the molecule is Cc1nn(CC(=O)NCc2ccon2)c(C)c1N. The van der Waals surface area contributed by atoms with Crippen molar-refractivity contribution in [1.82, 2.24) is 20.3 Å². The first-order valence-corrected chi connectivity index (χ1v) is 5.53. The summed E-state index contributed by atoms with van der Waals surface area (Å²) in [5.74, 6) is -0.149. The number of nitrogens with zero attached hydrogens (tertiary/aromatic N) is 3. The number of anilines is 1. The second-order valence-corrected chi connectivity index (χ2v) is 4.01. The molecule has 3 N–H and O–H groups in total. The first-order valence-electron chi connectivity index (χ1n) is 5.53. The lowest BCUT2D eigenvalue weighted by atomic mass is 10.3. The van der Waals surface area contributed by atoms with E-state index in [0.29, 0.717) is 17.9 Å². The number of aryl methyl sites for hydroxylation is 1. The normalized spacial score (nSPS) is 10.6. The Kier molecular flexibility index (Phi) is 3.31. The van der Waals surface area contributed by atoms with Crippen molar-refractivity contribution in [2.45, 2.75) is 26.9 Å². The average molecular weight is 249 g/mol. The molecule has 7 heteroatoms. The highest BCUT2D eigenvalue weighted by Gasteiger charge is 2.11. The first kappa shape index (κ1) is 12.2. The minimum absolute atomic E-state index is 0.141. The van der Waals surface area contributed by atoms with Crippen molar-refractivity contribution in [2.75, 3.05) is 5.73 Å². The van der Waals surface area contributed by atoms with Crippen LogP contribution in [0.3, 0.4) is 0 Å². The van der Waals surface area contributed by atoms with Gasteiger partial charge in [0.1, 0.15) is 18.5 Å². The van der Waals surface area contributed by atoms with Crippen LogP contribution in [0.25, 0.3) is 0 Å². The van der Waals surface area contributed by atoms with E-state index in [1.54, 1.807) is 10.7 Å². The quantitative estimate of drug-likeness (QED) is 0.816. The Bertz CT molecular complexity index is 544. The van der Waals surface area contributed by atoms with Crippen molar-refractivity contribution < 1.29 is 9.32 Å². The topological polar surface area (TPSA) is 99.0 Å². The molecule has 0 radical (unpaired) electrons. The predicted octanol–water partition coefficient (Wildman–Crippen LogP) is 0.387. The summed E-state index contributed by atoms with van der Waals surface area (Å²) in [6.07, 6.45) is 1.46. The molecule has 2 aromatic heterocycles. The molecular formula is C11H15N5O2. The predicted molar refractivity (Wildman–Crippen MR) is 64.5 cm³/mol. The number of nitrogens with two attached hydrogens (primary N) is 1. The van der Waals surface area contributed by atoms with E-state index in [2.05, 4.69) is 20.1 Å². The van der Waals surface area contributed by atoms with Crippen LogP contribution in [-0.2, 0) is 17.9 Å². The zero-order valence-corrected chi connectivity index (χ0v) is 10.3. The third kappa shape index (κ3) is 2.50. The van der Waals surface area contributed by atoms with Gasteiger partial charge >= 0.3 is 0 Å². The van der Waals surface area contributed by atoms with Gasteiger partial charge in [0, 0.05) is 6.07 Å². The van der Waals surface area contributed by atoms with Crippen LogP contribution >= 0.6 is 0 Å². The minimum Gasteiger partial charge on any atom is -0.396 e. The molecule has 0 aromatic carbocycles. The van der Waals surface area contributed by atoms with Crippen molar-refractivity contribution in [3.8, 4) is 0 Å². The van der Waals surface area contributed by atoms with Gasteiger partial charge in [-0.1, -0.05) is 5.16 Å². The molecule has 2 aromatic rings. The van der Waals surface area contributed by atoms with Crippen molar-refractivity contribution in [3.63, 3.8) is 0 Å². The summed E-state index contributed by atoms with van der Waals surface area (Å²) < 4.78 is 6.25. The summed E-state index contributed by atoms with van der Waals surface area (Å²) in [6.45, 7) is 4.12. The number of nitrogen functional groups attached to an aromatic ring is 1. The molecule has 7 nitrogen and oxygen atoms in total. The van der Waals surface area contributed by atoms with E-state index in [1.807, 2.05) is 13.8 Å². The zero-order valence-electron chi connectivity index (χ0n) is 10.3. The summed E-state index contributed by atoms with van der Waals surface area (Å²) in [5.41, 5.74) is 8.62. The number of amides is 1. The third-order valence-corrected chi connectivity index (χ3v) is 2.69. The van der Waals surface area contributed by atoms with Crippen molar-refractivity contribution >= 4 is 11.6 Å². The molecule has 0 aliphatic heterocycles. The Labute approximate surface area is 104 Å². The third-order valence-electron chi connectivity index (χ3n) is 2.69. The Hall–Kier alpha value is -2.31. The number of rotatable bonds is 4. The van der Waals surface area contributed by atoms with E-state index in [4.69, 9.17) is 5.73 Å². The maximum Gasteiger partial charge on any atom is 0.242 e. The van der Waals surface area contributed by atoms with Gasteiger partial charge in [-0.05, 0) is 13.8 Å². The molecule has 0 saturated heterocycles. The van der Waals surface area contributed by atoms with E-state index >= 15 is 0 Å². The average Bonchev–Trinajstić information content (AvgIpc) is 2.93. The molecule has 18 heavy (non-hydrogen) atoms. The van der Waals surface area contributed by atoms with Crippen molar-refractivity contribution in [3.05, 3.63) is 29.4 Å². The van der Waals surface area contributed by atoms with Crippen LogP contribution in [0.4, 0.5) is 5.69 Å². The van der Waals surface area contributed by atoms with Crippen LogP contribution in [0, 0.1) is 13.8 Å². The minimum atomic E-state index is -0.149. The summed E-state index contributed by atoms with van der Waals surface area (Å²) >= 11 is 0. The largest absolute Gasteiger partial charge is 0.396 e. The van der Waals surface area contributed by atoms with Gasteiger partial charge < -0.3 is 15.6 Å². The molecule has 2 heterocycles. The summed E-state index contributed by atoms with van der Waals surface area (Å²) in [4.78, 5) is 11.7. The molecule has 0 aliphatic carbocycles. The number of carbonyl (C=O) groups is 1. The van der Waals surface area contributed by atoms with Crippen LogP contribution < -0.4 is 11.1 Å². The van der Waals surface area contributed by atoms with Gasteiger partial charge in [0.05, 0.1) is 23.6 Å². The first-order chi connectivity index (χ1) is 8.58. The second kappa shape index (κ2) is 4.91. The lowest BCUT2D eigenvalue weighted by molar-refractivity contribution is -0.122. The van der Waals surface area contributed by atoms with Crippen LogP contribution in [0.2, 0.25) is 0 Å². The summed E-state index contributed by atoms with van der Waals surface area (Å²) in [6, 6.07) is 1.70. The van der Waals surface area contributed by atoms with Gasteiger partial charge in [0.15, 0.2) is 0 Å². The number of carbonyl (C=O) groups excluding carboxylic acids is 1. The summed E-state index contributed by atoms with van der Waals surface area (Å²) in [7, 11) is 0. The van der Waals surface area contributed by atoms with E-state index < -0.39 is 0 Å². The molecule has 0 aliphatic rings. The van der Waals surface area contributed by atoms with Crippen LogP contribution in [0.1, 0.15) is 17.1 Å². The molecule has 0 atom stereocenters. The number of hydrogen-bond acceptors (Lipinski definition) is 5. The molecule has 0 bridgehead atoms. The summed E-state index contributed by atoms with van der Waals surface area (Å²) in [5, 5.41) is 10.6. The van der Waals surface area contributed by atoms with Crippen molar-refractivity contribution in [2.24, 2.45) is 0 Å². The van der Waals surface area contributed by atoms with Gasteiger partial charge in [-0.2, -0.15) is 5.10 Å². The lowest BCUT2D eigenvalue weighted by Crippen LogP contribution is -2.28. The van der Waals surface area contributed by atoms with E-state index in [9.17, 15) is 4.79 Å². The van der Waals surface area contributed by atoms with E-state index in [-0.39, 0.29) is 12.5 Å². The number of hydrogen-bond donors (Lipinski definition) is 2. The van der Waals surface area contributed by atoms with E-state index in [0.717, 1.165) is 11.4 Å². The molecule has 2 rings (SSSR count). The van der Waals surface area contributed by atoms with Gasteiger partial charge in [-0.15, -0.1) is 0 Å². The maximum atomic E-state index is 11.7. The highest BCUT2D eigenvalue weighted by molar-refractivity contribution is 5.75. The number of aromatic nitrogens is 3. The van der Waals surface area contributed by atoms with Crippen LogP contribution in [0.5, 0.6) is 0 Å². The van der Waals surface area contributed by atoms with Gasteiger partial charge in [-0.3, -0.25) is 9.48 Å². The molecule has 1 amide bonds.